The van der Waals surface area contributed by atoms with Gasteiger partial charge in [-0.25, -0.2) is 0 Å². The molecule has 2 heteroatoms. The van der Waals surface area contributed by atoms with E-state index in [4.69, 9.17) is 5.73 Å². The van der Waals surface area contributed by atoms with E-state index in [1.54, 1.807) is 0 Å². The quantitative estimate of drug-likeness (QED) is 0.749. The molecule has 0 aromatic heterocycles. The molecule has 1 saturated carbocycles. The first-order valence-electron chi connectivity index (χ1n) is 7.43. The zero-order valence-corrected chi connectivity index (χ0v) is 12.0. The highest BCUT2D eigenvalue weighted by atomic mass is 15.2. The Morgan fingerprint density at radius 1 is 1.18 bits per heavy atom. The third-order valence-corrected chi connectivity index (χ3v) is 5.17. The summed E-state index contributed by atoms with van der Waals surface area (Å²) in [4.78, 5) is 2.73. The third kappa shape index (κ3) is 2.85. The smallest absolute Gasteiger partial charge is 0.0332 e. The van der Waals surface area contributed by atoms with Crippen molar-refractivity contribution in [2.75, 3.05) is 19.6 Å². The lowest BCUT2D eigenvalue weighted by Crippen LogP contribution is -2.53. The van der Waals surface area contributed by atoms with Gasteiger partial charge in [-0.05, 0) is 43.6 Å². The average molecular weight is 238 g/mol. The Kier molecular flexibility index (Phi) is 3.84. The van der Waals surface area contributed by atoms with E-state index < -0.39 is 0 Å². The van der Waals surface area contributed by atoms with Gasteiger partial charge in [-0.15, -0.1) is 0 Å². The van der Waals surface area contributed by atoms with Crippen molar-refractivity contribution in [2.24, 2.45) is 17.1 Å². The normalized spacial score (nSPS) is 39.2. The molecule has 0 radical (unpaired) electrons. The Hall–Kier alpha value is -0.0800. The van der Waals surface area contributed by atoms with Gasteiger partial charge in [0.2, 0.25) is 0 Å². The highest BCUT2D eigenvalue weighted by Crippen LogP contribution is 2.40. The molecule has 2 aliphatic rings. The number of likely N-dealkylation sites (tertiary alicyclic amines) is 1. The predicted octanol–water partition coefficient (Wildman–Crippen LogP) is 3.02. The average Bonchev–Trinajstić information content (AvgIpc) is 2.53. The molecule has 100 valence electrons. The second-order valence-corrected chi connectivity index (χ2v) is 7.30. The molecule has 0 bridgehead atoms. The molecule has 0 amide bonds. The van der Waals surface area contributed by atoms with Gasteiger partial charge in [-0.2, -0.15) is 0 Å². The Morgan fingerprint density at radius 3 is 2.53 bits per heavy atom. The van der Waals surface area contributed by atoms with Crippen molar-refractivity contribution in [1.82, 2.24) is 4.90 Å². The zero-order chi connectivity index (χ0) is 12.5. The highest BCUT2D eigenvalue weighted by Gasteiger charge is 2.42. The van der Waals surface area contributed by atoms with Gasteiger partial charge in [-0.1, -0.05) is 33.6 Å². The van der Waals surface area contributed by atoms with Crippen LogP contribution in [0.4, 0.5) is 0 Å². The Labute approximate surface area is 107 Å². The Morgan fingerprint density at radius 2 is 1.94 bits per heavy atom. The minimum Gasteiger partial charge on any atom is -0.329 e. The van der Waals surface area contributed by atoms with Crippen molar-refractivity contribution < 1.29 is 0 Å². The van der Waals surface area contributed by atoms with Gasteiger partial charge in [0.1, 0.15) is 0 Å². The number of hydrogen-bond acceptors (Lipinski definition) is 2. The lowest BCUT2D eigenvalue weighted by Gasteiger charge is -2.41. The molecule has 2 unspecified atom stereocenters. The van der Waals surface area contributed by atoms with E-state index in [1.807, 2.05) is 0 Å². The summed E-state index contributed by atoms with van der Waals surface area (Å²) >= 11 is 0. The van der Waals surface area contributed by atoms with Crippen molar-refractivity contribution >= 4 is 0 Å². The van der Waals surface area contributed by atoms with Gasteiger partial charge in [0.15, 0.2) is 0 Å². The van der Waals surface area contributed by atoms with Crippen molar-refractivity contribution in [3.63, 3.8) is 0 Å². The molecule has 1 aliphatic heterocycles. The van der Waals surface area contributed by atoms with Gasteiger partial charge in [0, 0.05) is 18.6 Å². The SMILES string of the molecule is CC1CCCC(CN)(N2CCC(C)(C)C2)CC1. The molecule has 2 N–H and O–H groups in total. The van der Waals surface area contributed by atoms with E-state index in [9.17, 15) is 0 Å². The summed E-state index contributed by atoms with van der Waals surface area (Å²) in [6.07, 6.45) is 8.12. The zero-order valence-electron chi connectivity index (χ0n) is 12.0. The maximum atomic E-state index is 6.18. The van der Waals surface area contributed by atoms with E-state index in [-0.39, 0.29) is 0 Å². The summed E-state index contributed by atoms with van der Waals surface area (Å²) in [7, 11) is 0. The van der Waals surface area contributed by atoms with E-state index in [0.29, 0.717) is 11.0 Å². The predicted molar refractivity (Wildman–Crippen MR) is 74.0 cm³/mol. The van der Waals surface area contributed by atoms with Gasteiger partial charge < -0.3 is 5.73 Å². The summed E-state index contributed by atoms with van der Waals surface area (Å²) in [6.45, 7) is 10.6. The second kappa shape index (κ2) is 4.89. The van der Waals surface area contributed by atoms with E-state index in [1.165, 1.54) is 51.6 Å². The monoisotopic (exact) mass is 238 g/mol. The molecule has 0 spiro atoms. The molecule has 1 aliphatic carbocycles. The summed E-state index contributed by atoms with van der Waals surface area (Å²) in [5.74, 6) is 0.902. The highest BCUT2D eigenvalue weighted by molar-refractivity contribution is 4.98. The Bertz CT molecular complexity index is 262. The van der Waals surface area contributed by atoms with Crippen LogP contribution in [-0.2, 0) is 0 Å². The fraction of sp³-hybridized carbons (Fsp3) is 1.00. The van der Waals surface area contributed by atoms with Crippen molar-refractivity contribution in [3.8, 4) is 0 Å². The molecular weight excluding hydrogens is 208 g/mol. The molecule has 17 heavy (non-hydrogen) atoms. The minimum atomic E-state index is 0.332. The van der Waals surface area contributed by atoms with Crippen molar-refractivity contribution in [1.29, 1.82) is 0 Å². The molecule has 1 heterocycles. The molecule has 1 saturated heterocycles. The lowest BCUT2D eigenvalue weighted by molar-refractivity contribution is 0.0930. The third-order valence-electron chi connectivity index (χ3n) is 5.17. The van der Waals surface area contributed by atoms with Crippen LogP contribution in [0.2, 0.25) is 0 Å². The van der Waals surface area contributed by atoms with Crippen LogP contribution in [0.3, 0.4) is 0 Å². The second-order valence-electron chi connectivity index (χ2n) is 7.30. The van der Waals surface area contributed by atoms with Crippen LogP contribution in [0.15, 0.2) is 0 Å². The minimum absolute atomic E-state index is 0.332. The van der Waals surface area contributed by atoms with Crippen LogP contribution in [0, 0.1) is 11.3 Å². The van der Waals surface area contributed by atoms with Crippen LogP contribution >= 0.6 is 0 Å². The molecule has 2 fully saturated rings. The lowest BCUT2D eigenvalue weighted by atomic mass is 9.87. The van der Waals surface area contributed by atoms with Gasteiger partial charge in [0.05, 0.1) is 0 Å². The molecule has 2 nitrogen and oxygen atoms in total. The van der Waals surface area contributed by atoms with Gasteiger partial charge >= 0.3 is 0 Å². The molecule has 0 aromatic rings. The first-order valence-corrected chi connectivity index (χ1v) is 7.43. The summed E-state index contributed by atoms with van der Waals surface area (Å²) in [6, 6.07) is 0. The van der Waals surface area contributed by atoms with Crippen LogP contribution in [0.25, 0.3) is 0 Å². The Balaban J connectivity index is 2.08. The maximum absolute atomic E-state index is 6.18. The summed E-state index contributed by atoms with van der Waals surface area (Å²) in [5.41, 5.74) is 7.01. The number of hydrogen-bond donors (Lipinski definition) is 1. The van der Waals surface area contributed by atoms with E-state index >= 15 is 0 Å². The first kappa shape index (κ1) is 13.4. The van der Waals surface area contributed by atoms with E-state index in [2.05, 4.69) is 25.7 Å². The molecule has 0 aromatic carbocycles. The van der Waals surface area contributed by atoms with Crippen LogP contribution in [0.5, 0.6) is 0 Å². The summed E-state index contributed by atoms with van der Waals surface area (Å²) in [5, 5.41) is 0. The fourth-order valence-electron chi connectivity index (χ4n) is 3.73. The molecule has 2 rings (SSSR count). The van der Waals surface area contributed by atoms with E-state index in [0.717, 1.165) is 12.5 Å². The van der Waals surface area contributed by atoms with Crippen LogP contribution in [0.1, 0.15) is 59.3 Å². The summed E-state index contributed by atoms with van der Waals surface area (Å²) < 4.78 is 0. The fourth-order valence-corrected chi connectivity index (χ4v) is 3.73. The van der Waals surface area contributed by atoms with Gasteiger partial charge in [-0.3, -0.25) is 4.90 Å². The molecule has 2 atom stereocenters. The topological polar surface area (TPSA) is 29.3 Å². The number of rotatable bonds is 2. The largest absolute Gasteiger partial charge is 0.329 e. The first-order chi connectivity index (χ1) is 7.97. The standard InChI is InChI=1S/C15H30N2/c1-13-5-4-7-15(11-16,8-6-13)17-10-9-14(2,3)12-17/h13H,4-12,16H2,1-3H3. The maximum Gasteiger partial charge on any atom is 0.0332 e. The van der Waals surface area contributed by atoms with Crippen LogP contribution < -0.4 is 5.73 Å². The van der Waals surface area contributed by atoms with Crippen LogP contribution in [-0.4, -0.2) is 30.1 Å². The molecular formula is C15H30N2. The van der Waals surface area contributed by atoms with Gasteiger partial charge in [0.25, 0.3) is 0 Å². The number of nitrogens with two attached hydrogens (primary N) is 1. The van der Waals surface area contributed by atoms with Crippen molar-refractivity contribution in [2.45, 2.75) is 64.8 Å². The van der Waals surface area contributed by atoms with Crippen molar-refractivity contribution in [3.05, 3.63) is 0 Å². The number of nitrogens with zero attached hydrogens (tertiary/aromatic N) is 1.